The maximum Gasteiger partial charge on any atom is 0.240 e. The molecule has 3 N–H and O–H groups in total. The Labute approximate surface area is 159 Å². The number of nitrogens with one attached hydrogen (secondary N) is 3. The van der Waals surface area contributed by atoms with Crippen LogP contribution in [0.15, 0.2) is 59.6 Å². The molecule has 0 aliphatic heterocycles. The Morgan fingerprint density at radius 2 is 1.78 bits per heavy atom. The average Bonchev–Trinajstić information content (AvgIpc) is 3.10. The van der Waals surface area contributed by atoms with E-state index < -0.39 is 10.0 Å². The predicted molar refractivity (Wildman–Crippen MR) is 106 cm³/mol. The molecule has 0 unspecified atom stereocenters. The lowest BCUT2D eigenvalue weighted by atomic mass is 10.1. The molecule has 0 atom stereocenters. The Kier molecular flexibility index (Phi) is 5.93. The van der Waals surface area contributed by atoms with Gasteiger partial charge in [-0.3, -0.25) is 4.79 Å². The van der Waals surface area contributed by atoms with Crippen LogP contribution in [-0.2, 0) is 27.7 Å². The minimum Gasteiger partial charge on any atom is -0.361 e. The van der Waals surface area contributed by atoms with Crippen molar-refractivity contribution in [3.05, 3.63) is 65.9 Å². The largest absolute Gasteiger partial charge is 0.361 e. The molecule has 0 saturated carbocycles. The number of benzene rings is 2. The number of carbonyl (C=O) groups is 1. The zero-order valence-electron chi connectivity index (χ0n) is 15.2. The van der Waals surface area contributed by atoms with Crippen molar-refractivity contribution in [3.63, 3.8) is 0 Å². The third-order valence-electron chi connectivity index (χ3n) is 4.53. The van der Waals surface area contributed by atoms with Gasteiger partial charge in [0.1, 0.15) is 0 Å². The number of fused-ring (bicyclic) bond motifs is 1. The Bertz CT molecular complexity index is 1020. The molecule has 0 aliphatic carbocycles. The number of aromatic nitrogens is 1. The number of aryl methyl sites for hydroxylation is 1. The summed E-state index contributed by atoms with van der Waals surface area (Å²) in [7, 11) is -2.05. The number of para-hydroxylation sites is 1. The molecule has 1 amide bonds. The van der Waals surface area contributed by atoms with E-state index in [2.05, 4.69) is 21.1 Å². The van der Waals surface area contributed by atoms with Crippen molar-refractivity contribution in [3.8, 4) is 0 Å². The first-order valence-electron chi connectivity index (χ1n) is 8.84. The lowest BCUT2D eigenvalue weighted by Gasteiger charge is -2.06. The van der Waals surface area contributed by atoms with E-state index in [0.29, 0.717) is 19.4 Å². The number of rotatable bonds is 8. The Morgan fingerprint density at radius 3 is 2.52 bits per heavy atom. The molecule has 0 saturated heterocycles. The number of carbonyl (C=O) groups excluding carboxylic acids is 1. The molecule has 0 aliphatic rings. The third kappa shape index (κ3) is 4.75. The van der Waals surface area contributed by atoms with Gasteiger partial charge in [0.05, 0.1) is 4.90 Å². The lowest BCUT2D eigenvalue weighted by molar-refractivity contribution is -0.121. The monoisotopic (exact) mass is 385 g/mol. The van der Waals surface area contributed by atoms with E-state index in [4.69, 9.17) is 0 Å². The molecule has 1 heterocycles. The number of H-pyrrole nitrogens is 1. The summed E-state index contributed by atoms with van der Waals surface area (Å²) in [6.07, 6.45) is 3.69. The third-order valence-corrected chi connectivity index (χ3v) is 5.96. The molecule has 0 bridgehead atoms. The number of hydrogen-bond acceptors (Lipinski definition) is 3. The minimum atomic E-state index is -3.43. The normalized spacial score (nSPS) is 11.6. The van der Waals surface area contributed by atoms with E-state index in [1.165, 1.54) is 18.0 Å². The van der Waals surface area contributed by atoms with Crippen molar-refractivity contribution in [1.29, 1.82) is 0 Å². The van der Waals surface area contributed by atoms with Crippen LogP contribution in [0.25, 0.3) is 10.9 Å². The fourth-order valence-corrected chi connectivity index (χ4v) is 3.70. The topological polar surface area (TPSA) is 91.1 Å². The number of aromatic amines is 1. The molecular weight excluding hydrogens is 362 g/mol. The SMILES string of the molecule is CNS(=O)(=O)c1ccc(CCC(=O)NCCc2c[nH]c3ccccc23)cc1. The molecule has 0 radical (unpaired) electrons. The second-order valence-electron chi connectivity index (χ2n) is 6.31. The Balaban J connectivity index is 1.46. The van der Waals surface area contributed by atoms with Crippen LogP contribution in [0.2, 0.25) is 0 Å². The highest BCUT2D eigenvalue weighted by Crippen LogP contribution is 2.17. The van der Waals surface area contributed by atoms with E-state index in [1.807, 2.05) is 24.4 Å². The van der Waals surface area contributed by atoms with Gasteiger partial charge in [-0.2, -0.15) is 0 Å². The molecule has 3 rings (SSSR count). The molecule has 2 aromatic carbocycles. The van der Waals surface area contributed by atoms with Gasteiger partial charge in [0.2, 0.25) is 15.9 Å². The molecular formula is C20H23N3O3S. The summed E-state index contributed by atoms with van der Waals surface area (Å²) < 4.78 is 25.7. The molecule has 142 valence electrons. The Morgan fingerprint density at radius 1 is 1.04 bits per heavy atom. The first-order valence-corrected chi connectivity index (χ1v) is 10.3. The number of hydrogen-bond donors (Lipinski definition) is 3. The second-order valence-corrected chi connectivity index (χ2v) is 8.20. The van der Waals surface area contributed by atoms with Gasteiger partial charge in [-0.25, -0.2) is 13.1 Å². The van der Waals surface area contributed by atoms with E-state index >= 15 is 0 Å². The summed E-state index contributed by atoms with van der Waals surface area (Å²) in [6.45, 7) is 0.583. The smallest absolute Gasteiger partial charge is 0.240 e. The highest BCUT2D eigenvalue weighted by atomic mass is 32.2. The van der Waals surface area contributed by atoms with Crippen LogP contribution < -0.4 is 10.0 Å². The van der Waals surface area contributed by atoms with Crippen LogP contribution in [0, 0.1) is 0 Å². The van der Waals surface area contributed by atoms with E-state index in [0.717, 1.165) is 17.5 Å². The maximum absolute atomic E-state index is 12.1. The lowest BCUT2D eigenvalue weighted by Crippen LogP contribution is -2.25. The van der Waals surface area contributed by atoms with Gasteiger partial charge in [0.25, 0.3) is 0 Å². The summed E-state index contributed by atoms with van der Waals surface area (Å²) in [6, 6.07) is 14.7. The van der Waals surface area contributed by atoms with Gasteiger partial charge in [0.15, 0.2) is 0 Å². The van der Waals surface area contributed by atoms with Crippen LogP contribution >= 0.6 is 0 Å². The van der Waals surface area contributed by atoms with E-state index in [-0.39, 0.29) is 10.8 Å². The second kappa shape index (κ2) is 8.37. The zero-order chi connectivity index (χ0) is 19.3. The van der Waals surface area contributed by atoms with Crippen molar-refractivity contribution >= 4 is 26.8 Å². The van der Waals surface area contributed by atoms with Gasteiger partial charge in [-0.1, -0.05) is 30.3 Å². The molecule has 3 aromatic rings. The molecule has 7 heteroatoms. The summed E-state index contributed by atoms with van der Waals surface area (Å²) >= 11 is 0. The summed E-state index contributed by atoms with van der Waals surface area (Å²) in [4.78, 5) is 15.5. The number of sulfonamides is 1. The van der Waals surface area contributed by atoms with Crippen molar-refractivity contribution in [2.45, 2.75) is 24.2 Å². The van der Waals surface area contributed by atoms with Crippen LogP contribution in [0.3, 0.4) is 0 Å². The van der Waals surface area contributed by atoms with Crippen LogP contribution in [0.5, 0.6) is 0 Å². The molecule has 1 aromatic heterocycles. The minimum absolute atomic E-state index is 0.0123. The maximum atomic E-state index is 12.1. The summed E-state index contributed by atoms with van der Waals surface area (Å²) in [5, 5.41) is 4.13. The molecule has 0 spiro atoms. The molecule has 0 fully saturated rings. The van der Waals surface area contributed by atoms with Crippen molar-refractivity contribution < 1.29 is 13.2 Å². The number of amides is 1. The fraction of sp³-hybridized carbons (Fsp3) is 0.250. The standard InChI is InChI=1S/C20H23N3O3S/c1-21-27(25,26)17-9-6-15(7-10-17)8-11-20(24)22-13-12-16-14-23-19-5-3-2-4-18(16)19/h2-7,9-10,14,21,23H,8,11-13H2,1H3,(H,22,24). The van der Waals surface area contributed by atoms with Gasteiger partial charge >= 0.3 is 0 Å². The van der Waals surface area contributed by atoms with Gasteiger partial charge < -0.3 is 10.3 Å². The highest BCUT2D eigenvalue weighted by molar-refractivity contribution is 7.89. The first kappa shape index (κ1) is 19.1. The molecule has 27 heavy (non-hydrogen) atoms. The highest BCUT2D eigenvalue weighted by Gasteiger charge is 2.11. The predicted octanol–water partition coefficient (Wildman–Crippen LogP) is 2.37. The Hall–Kier alpha value is -2.64. The van der Waals surface area contributed by atoms with Crippen LogP contribution in [-0.4, -0.2) is 32.9 Å². The zero-order valence-corrected chi connectivity index (χ0v) is 16.0. The van der Waals surface area contributed by atoms with Crippen molar-refractivity contribution in [1.82, 2.24) is 15.0 Å². The van der Waals surface area contributed by atoms with E-state index in [1.54, 1.807) is 24.3 Å². The van der Waals surface area contributed by atoms with Crippen LogP contribution in [0.1, 0.15) is 17.5 Å². The quantitative estimate of drug-likeness (QED) is 0.556. The van der Waals surface area contributed by atoms with Gasteiger partial charge in [-0.15, -0.1) is 0 Å². The average molecular weight is 385 g/mol. The van der Waals surface area contributed by atoms with Crippen LogP contribution in [0.4, 0.5) is 0 Å². The summed E-state index contributed by atoms with van der Waals surface area (Å²) in [5.74, 6) is -0.0123. The van der Waals surface area contributed by atoms with E-state index in [9.17, 15) is 13.2 Å². The van der Waals surface area contributed by atoms with Crippen molar-refractivity contribution in [2.24, 2.45) is 0 Å². The summed E-state index contributed by atoms with van der Waals surface area (Å²) in [5.41, 5.74) is 3.21. The van der Waals surface area contributed by atoms with Gasteiger partial charge in [-0.05, 0) is 49.2 Å². The molecule has 6 nitrogen and oxygen atoms in total. The first-order chi connectivity index (χ1) is 13.0. The fourth-order valence-electron chi connectivity index (χ4n) is 2.97. The van der Waals surface area contributed by atoms with Crippen molar-refractivity contribution in [2.75, 3.05) is 13.6 Å². The van der Waals surface area contributed by atoms with Gasteiger partial charge in [0, 0.05) is 30.1 Å².